The maximum atomic E-state index is 12.5. The maximum Gasteiger partial charge on any atom is 0.350 e. The first kappa shape index (κ1) is 17.6. The fourth-order valence-electron chi connectivity index (χ4n) is 2.67. The number of aryl methyl sites for hydroxylation is 2. The van der Waals surface area contributed by atoms with Gasteiger partial charge in [-0.3, -0.25) is 9.20 Å². The first-order valence-corrected chi connectivity index (χ1v) is 9.89. The van der Waals surface area contributed by atoms with E-state index in [2.05, 4.69) is 9.97 Å². The van der Waals surface area contributed by atoms with Gasteiger partial charge in [-0.15, -0.1) is 22.7 Å². The zero-order valence-electron chi connectivity index (χ0n) is 14.6. The Balaban J connectivity index is 1.53. The fraction of sp³-hybridized carbons (Fsp3) is 0.158. The van der Waals surface area contributed by atoms with Gasteiger partial charge in [0.05, 0.1) is 11.4 Å². The van der Waals surface area contributed by atoms with Gasteiger partial charge in [0.15, 0.2) is 4.96 Å². The van der Waals surface area contributed by atoms with Gasteiger partial charge in [0.2, 0.25) is 0 Å². The summed E-state index contributed by atoms with van der Waals surface area (Å²) in [6.07, 6.45) is 0. The van der Waals surface area contributed by atoms with Crippen molar-refractivity contribution in [3.63, 3.8) is 0 Å². The van der Waals surface area contributed by atoms with E-state index in [-0.39, 0.29) is 12.2 Å². The summed E-state index contributed by atoms with van der Waals surface area (Å²) in [4.78, 5) is 34.6. The van der Waals surface area contributed by atoms with Crippen LogP contribution in [0.3, 0.4) is 0 Å². The van der Waals surface area contributed by atoms with E-state index in [9.17, 15) is 9.59 Å². The lowest BCUT2D eigenvalue weighted by molar-refractivity contribution is 0.0472. The molecule has 8 heteroatoms. The minimum Gasteiger partial charge on any atom is -0.455 e. The van der Waals surface area contributed by atoms with Crippen molar-refractivity contribution in [1.82, 2.24) is 14.4 Å². The third-order valence-electron chi connectivity index (χ3n) is 3.98. The lowest BCUT2D eigenvalue weighted by atomic mass is 10.2. The average Bonchev–Trinajstić information content (AvgIpc) is 3.24. The highest BCUT2D eigenvalue weighted by atomic mass is 32.1. The van der Waals surface area contributed by atoms with Gasteiger partial charge in [0.1, 0.15) is 16.5 Å². The lowest BCUT2D eigenvalue weighted by Gasteiger charge is -2.04. The van der Waals surface area contributed by atoms with E-state index in [1.54, 1.807) is 6.92 Å². The normalized spacial score (nSPS) is 11.0. The molecule has 0 N–H and O–H groups in total. The third-order valence-corrected chi connectivity index (χ3v) is 6.11. The Kier molecular flexibility index (Phi) is 4.59. The van der Waals surface area contributed by atoms with Gasteiger partial charge in [0, 0.05) is 22.7 Å². The molecule has 0 radical (unpaired) electrons. The Bertz CT molecular complexity index is 1190. The Morgan fingerprint density at radius 1 is 1.19 bits per heavy atom. The monoisotopic (exact) mass is 397 g/mol. The number of rotatable bonds is 4. The SMILES string of the molecule is Cc1nc(-c2ccccc2)sc1C(=O)OCc1cc(=O)n2c(C)csc2n1. The zero-order valence-corrected chi connectivity index (χ0v) is 16.3. The molecule has 27 heavy (non-hydrogen) atoms. The van der Waals surface area contributed by atoms with Gasteiger partial charge >= 0.3 is 5.97 Å². The van der Waals surface area contributed by atoms with Crippen molar-refractivity contribution in [2.24, 2.45) is 0 Å². The number of aromatic nitrogens is 3. The molecule has 0 saturated heterocycles. The number of esters is 1. The molecular formula is C19H15N3O3S2. The molecule has 0 atom stereocenters. The highest BCUT2D eigenvalue weighted by Gasteiger charge is 2.18. The van der Waals surface area contributed by atoms with Gasteiger partial charge in [-0.25, -0.2) is 14.8 Å². The summed E-state index contributed by atoms with van der Waals surface area (Å²) in [6.45, 7) is 3.58. The van der Waals surface area contributed by atoms with Crippen molar-refractivity contribution in [2.75, 3.05) is 0 Å². The number of carbonyl (C=O) groups is 1. The van der Waals surface area contributed by atoms with Gasteiger partial charge < -0.3 is 4.74 Å². The van der Waals surface area contributed by atoms with Crippen molar-refractivity contribution in [3.05, 3.63) is 74.1 Å². The molecule has 4 rings (SSSR count). The lowest BCUT2D eigenvalue weighted by Crippen LogP contribution is -2.16. The van der Waals surface area contributed by atoms with Crippen LogP contribution in [0.1, 0.15) is 26.8 Å². The van der Waals surface area contributed by atoms with E-state index in [1.807, 2.05) is 42.6 Å². The Labute approximate surface area is 162 Å². The highest BCUT2D eigenvalue weighted by molar-refractivity contribution is 7.17. The van der Waals surface area contributed by atoms with Crippen molar-refractivity contribution in [3.8, 4) is 10.6 Å². The second-order valence-corrected chi connectivity index (χ2v) is 7.79. The van der Waals surface area contributed by atoms with E-state index >= 15 is 0 Å². The number of nitrogens with zero attached hydrogens (tertiary/aromatic N) is 3. The molecule has 0 aliphatic rings. The number of carbonyl (C=O) groups excluding carboxylic acids is 1. The van der Waals surface area contributed by atoms with Crippen LogP contribution in [0.15, 0.2) is 46.6 Å². The molecule has 3 heterocycles. The summed E-state index contributed by atoms with van der Waals surface area (Å²) in [5, 5.41) is 2.64. The molecule has 0 bridgehead atoms. The topological polar surface area (TPSA) is 73.6 Å². The average molecular weight is 397 g/mol. The van der Waals surface area contributed by atoms with E-state index in [0.717, 1.165) is 16.3 Å². The van der Waals surface area contributed by atoms with Gasteiger partial charge in [0.25, 0.3) is 5.56 Å². The molecule has 0 fully saturated rings. The van der Waals surface area contributed by atoms with Crippen molar-refractivity contribution >= 4 is 33.6 Å². The molecule has 4 aromatic rings. The number of thiazole rings is 2. The van der Waals surface area contributed by atoms with Crippen molar-refractivity contribution in [2.45, 2.75) is 20.5 Å². The first-order chi connectivity index (χ1) is 13.0. The molecule has 6 nitrogen and oxygen atoms in total. The van der Waals surface area contributed by atoms with E-state index in [0.29, 0.717) is 21.2 Å². The minimum absolute atomic E-state index is 0.0560. The third kappa shape index (κ3) is 3.41. The predicted octanol–water partition coefficient (Wildman–Crippen LogP) is 3.85. The van der Waals surface area contributed by atoms with E-state index in [1.165, 1.54) is 33.1 Å². The van der Waals surface area contributed by atoms with Crippen LogP contribution in [-0.4, -0.2) is 20.3 Å². The molecule has 3 aromatic heterocycles. The van der Waals surface area contributed by atoms with Crippen LogP contribution < -0.4 is 5.56 Å². The molecule has 0 aliphatic carbocycles. The quantitative estimate of drug-likeness (QED) is 0.489. The largest absolute Gasteiger partial charge is 0.455 e. The fourth-order valence-corrected chi connectivity index (χ4v) is 4.53. The van der Waals surface area contributed by atoms with Gasteiger partial charge in [-0.2, -0.15) is 0 Å². The molecule has 0 spiro atoms. The summed E-state index contributed by atoms with van der Waals surface area (Å²) < 4.78 is 6.92. The molecule has 1 aromatic carbocycles. The van der Waals surface area contributed by atoms with Crippen LogP contribution in [0.5, 0.6) is 0 Å². The summed E-state index contributed by atoms with van der Waals surface area (Å²) in [5.74, 6) is -0.462. The van der Waals surface area contributed by atoms with Crippen LogP contribution >= 0.6 is 22.7 Å². The minimum atomic E-state index is -0.462. The Morgan fingerprint density at radius 3 is 2.74 bits per heavy atom. The Morgan fingerprint density at radius 2 is 1.96 bits per heavy atom. The molecule has 0 amide bonds. The second-order valence-electron chi connectivity index (χ2n) is 5.96. The number of hydrogen-bond acceptors (Lipinski definition) is 7. The van der Waals surface area contributed by atoms with Crippen LogP contribution in [-0.2, 0) is 11.3 Å². The molecule has 136 valence electrons. The zero-order chi connectivity index (χ0) is 19.0. The van der Waals surface area contributed by atoms with Crippen LogP contribution in [0, 0.1) is 13.8 Å². The van der Waals surface area contributed by atoms with Crippen LogP contribution in [0.2, 0.25) is 0 Å². The molecular weight excluding hydrogens is 382 g/mol. The summed E-state index contributed by atoms with van der Waals surface area (Å²) in [5.41, 5.74) is 2.68. The van der Waals surface area contributed by atoms with E-state index < -0.39 is 5.97 Å². The second kappa shape index (κ2) is 7.05. The maximum absolute atomic E-state index is 12.5. The standard InChI is InChI=1S/C19H15N3O3S2/c1-11-10-26-19-21-14(8-15(23)22(11)19)9-25-18(24)16-12(2)20-17(27-16)13-6-4-3-5-7-13/h3-8,10H,9H2,1-2H3. The number of hydrogen-bond donors (Lipinski definition) is 0. The first-order valence-electron chi connectivity index (χ1n) is 8.19. The van der Waals surface area contributed by atoms with Gasteiger partial charge in [-0.1, -0.05) is 30.3 Å². The smallest absolute Gasteiger partial charge is 0.350 e. The van der Waals surface area contributed by atoms with Crippen LogP contribution in [0.4, 0.5) is 0 Å². The summed E-state index contributed by atoms with van der Waals surface area (Å²) >= 11 is 2.67. The summed E-state index contributed by atoms with van der Waals surface area (Å²) in [6, 6.07) is 11.1. The molecule has 0 saturated carbocycles. The summed E-state index contributed by atoms with van der Waals surface area (Å²) in [7, 11) is 0. The Hall–Kier alpha value is -2.84. The number of benzene rings is 1. The number of fused-ring (bicyclic) bond motifs is 1. The van der Waals surface area contributed by atoms with Crippen LogP contribution in [0.25, 0.3) is 15.5 Å². The van der Waals surface area contributed by atoms with Crippen molar-refractivity contribution < 1.29 is 9.53 Å². The van der Waals surface area contributed by atoms with Gasteiger partial charge in [-0.05, 0) is 13.8 Å². The molecule has 0 unspecified atom stereocenters. The molecule has 0 aliphatic heterocycles. The van der Waals surface area contributed by atoms with Crippen molar-refractivity contribution in [1.29, 1.82) is 0 Å². The van der Waals surface area contributed by atoms with E-state index in [4.69, 9.17) is 4.74 Å². The highest BCUT2D eigenvalue weighted by Crippen LogP contribution is 2.28. The number of ether oxygens (including phenoxy) is 1. The predicted molar refractivity (Wildman–Crippen MR) is 105 cm³/mol.